The van der Waals surface area contributed by atoms with Crippen LogP contribution < -0.4 is 63.1 Å². The van der Waals surface area contributed by atoms with Crippen LogP contribution in [0, 0.1) is 0 Å². The maximum absolute atomic E-state index is 11.9. The Morgan fingerprint density at radius 3 is 0.927 bits per heavy atom. The van der Waals surface area contributed by atoms with Crippen LogP contribution in [-0.2, 0) is 66.3 Å². The molecule has 0 radical (unpaired) electrons. The second kappa shape index (κ2) is 38.2. The molecule has 6 saturated heterocycles. The number of nitrogens with two attached hydrogens (primary N) is 11. The Labute approximate surface area is 571 Å². The van der Waals surface area contributed by atoms with Crippen LogP contribution in [0.4, 0.5) is 0 Å². The first-order valence-electron chi connectivity index (χ1n) is 32.1. The summed E-state index contributed by atoms with van der Waals surface area (Å²) in [7, 11) is 3.16. The fourth-order valence-electron chi connectivity index (χ4n) is 12.5. The Balaban J connectivity index is 0.772. The number of hydrogen-bond acceptors (Lipinski definition) is 42. The molecule has 0 spiro atoms. The molecular formula is C54H105N11O27S4. The van der Waals surface area contributed by atoms with Crippen LogP contribution in [0.1, 0.15) is 12.8 Å². The normalized spacial score (nSPS) is 48.8. The third-order valence-electron chi connectivity index (χ3n) is 18.3. The van der Waals surface area contributed by atoms with Crippen LogP contribution in [0.3, 0.4) is 0 Å². The predicted octanol–water partition coefficient (Wildman–Crippen LogP) is -13.8. The second-order valence-corrected chi connectivity index (χ2v) is 30.1. The van der Waals surface area contributed by atoms with Crippen LogP contribution >= 0.6 is 45.1 Å². The molecular weight excluding hydrogens is 1360 g/mol. The van der Waals surface area contributed by atoms with E-state index in [0.29, 0.717) is 49.4 Å². The molecule has 0 aromatic rings. The number of hydrogen-bond donors (Lipinski definition) is 24. The standard InChI is InChI=1S/C54H105N11O27S4/c55-11-21-33(69)37(73)27(62)49(81-21)87-43-18(60)9-17(59)31(67)47(43)91-53-41(77)45(89-51-29(64)39(75)35(71)23(13-57)83-51)25(85-53)15-93-5-1-79-3-7-95-96-8-4-80-2-6-94-16-26-46(90-52-30(65)40(76)36(72)24(14-58)84-52)42(78)54(86-26)92-48-32(68)20(66)10-19(61)44(48)88-50-28(63)38(74)34(70)22(12-56)82-50/h17-54,66-78H,1-16,55-65H2/t17-,18+,19+,20-,21-,22-,23+,24-,25+,26-,27-,28-,29-,30-,31+,32+,33-,34-,35-,36-,37-,38-,39-,40-,41+,42-,43-,44-,45+,46-,47-,48-,49-,50-,51-,52-,53-,54+/m1/s1. The summed E-state index contributed by atoms with van der Waals surface area (Å²) in [6.45, 7) is 0.674. The first-order valence-corrected chi connectivity index (χ1v) is 36.9. The van der Waals surface area contributed by atoms with Crippen molar-refractivity contribution < 1.29 is 133 Å². The minimum Gasteiger partial charge on any atom is -0.390 e. The van der Waals surface area contributed by atoms with Gasteiger partial charge >= 0.3 is 0 Å². The smallest absolute Gasteiger partial charge is 0.187 e. The van der Waals surface area contributed by atoms with Gasteiger partial charge in [-0.2, -0.15) is 23.5 Å². The van der Waals surface area contributed by atoms with Gasteiger partial charge in [-0.25, -0.2) is 0 Å². The van der Waals surface area contributed by atoms with E-state index in [-0.39, 0.29) is 50.5 Å². The van der Waals surface area contributed by atoms with Crippen LogP contribution in [0.5, 0.6) is 0 Å². The number of ether oxygens (including phenoxy) is 14. The van der Waals surface area contributed by atoms with Crippen LogP contribution in [0.25, 0.3) is 0 Å². The van der Waals surface area contributed by atoms with Crippen LogP contribution in [0.2, 0.25) is 0 Å². The van der Waals surface area contributed by atoms with Gasteiger partial charge in [0.15, 0.2) is 37.7 Å². The quantitative estimate of drug-likeness (QED) is 0.0214. The van der Waals surface area contributed by atoms with Crippen LogP contribution in [-0.4, -0.2) is 386 Å². The lowest BCUT2D eigenvalue weighted by atomic mass is 9.84. The highest BCUT2D eigenvalue weighted by molar-refractivity contribution is 8.76. The lowest BCUT2D eigenvalue weighted by Crippen LogP contribution is -2.68. The van der Waals surface area contributed by atoms with Crippen molar-refractivity contribution >= 4 is 45.1 Å². The van der Waals surface area contributed by atoms with E-state index < -0.39 is 233 Å². The largest absolute Gasteiger partial charge is 0.390 e. The summed E-state index contributed by atoms with van der Waals surface area (Å²) in [6.07, 6.45) is -42.2. The number of rotatable bonds is 33. The van der Waals surface area contributed by atoms with Crippen LogP contribution in [0.15, 0.2) is 0 Å². The third kappa shape index (κ3) is 19.7. The molecule has 96 heavy (non-hydrogen) atoms. The highest BCUT2D eigenvalue weighted by atomic mass is 33.1. The van der Waals surface area contributed by atoms with Crippen molar-refractivity contribution in [3.63, 3.8) is 0 Å². The fraction of sp³-hybridized carbons (Fsp3) is 1.00. The molecule has 8 fully saturated rings. The minimum atomic E-state index is -1.66. The van der Waals surface area contributed by atoms with E-state index in [9.17, 15) is 66.4 Å². The maximum Gasteiger partial charge on any atom is 0.187 e. The Bertz CT molecular complexity index is 2120. The summed E-state index contributed by atoms with van der Waals surface area (Å²) < 4.78 is 84.7. The molecule has 8 aliphatic rings. The predicted molar refractivity (Wildman–Crippen MR) is 342 cm³/mol. The molecule has 0 bridgehead atoms. The Hall–Kier alpha value is -0.120. The van der Waals surface area contributed by atoms with Crippen molar-refractivity contribution in [2.45, 2.75) is 245 Å². The second-order valence-electron chi connectivity index (χ2n) is 25.0. The van der Waals surface area contributed by atoms with Gasteiger partial charge in [-0.15, -0.1) is 0 Å². The summed E-state index contributed by atoms with van der Waals surface area (Å²) in [6, 6.07) is -7.97. The number of aliphatic hydroxyl groups excluding tert-OH is 13. The first kappa shape index (κ1) is 81.5. The van der Waals surface area contributed by atoms with Crippen molar-refractivity contribution in [1.29, 1.82) is 0 Å². The number of aliphatic hydroxyl groups is 13. The number of thioether (sulfide) groups is 2. The van der Waals surface area contributed by atoms with Crippen molar-refractivity contribution in [3.05, 3.63) is 0 Å². The van der Waals surface area contributed by atoms with Gasteiger partial charge in [-0.05, 0) is 12.8 Å². The molecule has 6 heterocycles. The van der Waals surface area contributed by atoms with E-state index in [0.717, 1.165) is 0 Å². The third-order valence-corrected chi connectivity index (χ3v) is 22.7. The summed E-state index contributed by atoms with van der Waals surface area (Å²) in [5.41, 5.74) is 67.3. The van der Waals surface area contributed by atoms with Gasteiger partial charge in [-0.3, -0.25) is 0 Å². The van der Waals surface area contributed by atoms with Crippen molar-refractivity contribution in [3.8, 4) is 0 Å². The lowest BCUT2D eigenvalue weighted by Gasteiger charge is -2.47. The minimum absolute atomic E-state index is 0.0569. The molecule has 6 aliphatic heterocycles. The summed E-state index contributed by atoms with van der Waals surface area (Å²) >= 11 is 2.78. The molecule has 42 heteroatoms. The molecule has 0 aromatic heterocycles. The molecule has 562 valence electrons. The van der Waals surface area contributed by atoms with E-state index in [1.165, 1.54) is 23.5 Å². The Kier molecular flexibility index (Phi) is 32.5. The summed E-state index contributed by atoms with van der Waals surface area (Å²) in [5, 5.41) is 142. The fourth-order valence-corrected chi connectivity index (χ4v) is 16.1. The monoisotopic (exact) mass is 1470 g/mol. The molecule has 0 unspecified atom stereocenters. The van der Waals surface area contributed by atoms with Gasteiger partial charge in [0.1, 0.15) is 128 Å². The average molecular weight is 1470 g/mol. The van der Waals surface area contributed by atoms with E-state index in [1.807, 2.05) is 0 Å². The van der Waals surface area contributed by atoms with E-state index in [4.69, 9.17) is 129 Å². The molecule has 38 nitrogen and oxygen atoms in total. The van der Waals surface area contributed by atoms with Gasteiger partial charge in [0.05, 0.1) is 75.0 Å². The van der Waals surface area contributed by atoms with Gasteiger partial charge in [-0.1, -0.05) is 21.6 Å². The van der Waals surface area contributed by atoms with Crippen molar-refractivity contribution in [2.24, 2.45) is 63.1 Å². The molecule has 38 atom stereocenters. The zero-order valence-electron chi connectivity index (χ0n) is 52.8. The van der Waals surface area contributed by atoms with Gasteiger partial charge in [0, 0.05) is 78.8 Å². The van der Waals surface area contributed by atoms with E-state index in [2.05, 4.69) is 0 Å². The zero-order valence-corrected chi connectivity index (χ0v) is 56.0. The molecule has 2 saturated carbocycles. The van der Waals surface area contributed by atoms with Crippen molar-refractivity contribution in [2.75, 3.05) is 87.1 Å². The molecule has 35 N–H and O–H groups in total. The van der Waals surface area contributed by atoms with Gasteiger partial charge in [0.25, 0.3) is 0 Å². The lowest BCUT2D eigenvalue weighted by molar-refractivity contribution is -0.311. The van der Waals surface area contributed by atoms with E-state index >= 15 is 0 Å². The molecule has 8 rings (SSSR count). The summed E-state index contributed by atoms with van der Waals surface area (Å²) in [4.78, 5) is 0. The Morgan fingerprint density at radius 1 is 0.292 bits per heavy atom. The zero-order chi connectivity index (χ0) is 70.0. The molecule has 0 amide bonds. The topological polar surface area (TPSA) is 678 Å². The maximum atomic E-state index is 11.9. The van der Waals surface area contributed by atoms with E-state index in [1.54, 1.807) is 21.6 Å². The SMILES string of the molecule is NC[C@@H]1O[C@H](O[C@@H]2[C@H](O)[C@@H](O[C@@H]3[C@@H](O)[C@H](N)C[C@H](N)[C@H]3O[C@H]3O[C@H](CN)[C@@H](O)[C@H](O)[C@H]3N)O[C@H]2CSCCOCCSSCCOCCSC[C@H]2O[C@@H](O[C@@H]3[C@@H](O)[C@H](O)C[C@H](N)[C@H]3O[C@H]3O[C@H](CN)[C@@H](O)[C@H](O)[C@H]3N)[C@H](O)[C@@H]2O[C@H]2O[C@H](CN)[C@@H](O)[C@H](O)[C@H]2N)[C@H](N)[C@@H](O)[C@@H]1O. The average Bonchev–Trinajstić information content (AvgIpc) is 1.48. The van der Waals surface area contributed by atoms with Crippen molar-refractivity contribution in [1.82, 2.24) is 0 Å². The molecule has 2 aliphatic carbocycles. The van der Waals surface area contributed by atoms with Gasteiger partial charge in [0.2, 0.25) is 0 Å². The Morgan fingerprint density at radius 2 is 0.583 bits per heavy atom. The summed E-state index contributed by atoms with van der Waals surface area (Å²) in [5.74, 6) is 2.57. The highest BCUT2D eigenvalue weighted by Crippen LogP contribution is 2.39. The molecule has 0 aromatic carbocycles. The highest BCUT2D eigenvalue weighted by Gasteiger charge is 2.58. The first-order chi connectivity index (χ1) is 45.8. The van der Waals surface area contributed by atoms with Gasteiger partial charge < -0.3 is 196 Å².